The van der Waals surface area contributed by atoms with Crippen molar-refractivity contribution in [3.8, 4) is 0 Å². The average molecular weight is 390 g/mol. The summed E-state index contributed by atoms with van der Waals surface area (Å²) < 4.78 is 2.21. The Labute approximate surface area is 169 Å². The van der Waals surface area contributed by atoms with Crippen molar-refractivity contribution in [3.05, 3.63) is 78.0 Å². The second-order valence-corrected chi connectivity index (χ2v) is 7.78. The van der Waals surface area contributed by atoms with E-state index >= 15 is 0 Å². The first-order valence-electron chi connectivity index (χ1n) is 9.22. The van der Waals surface area contributed by atoms with Crippen LogP contribution in [0.15, 0.2) is 66.0 Å². The minimum Gasteiger partial charge on any atom is -0.354 e. The summed E-state index contributed by atoms with van der Waals surface area (Å²) in [5.74, 6) is 0. The van der Waals surface area contributed by atoms with E-state index in [4.69, 9.17) is 0 Å². The maximum absolute atomic E-state index is 4.55. The van der Waals surface area contributed by atoms with Crippen LogP contribution in [0, 0.1) is 13.8 Å². The third kappa shape index (κ3) is 3.88. The van der Waals surface area contributed by atoms with E-state index in [0.29, 0.717) is 0 Å². The zero-order valence-electron chi connectivity index (χ0n) is 16.2. The molecule has 0 unspecified atom stereocenters. The summed E-state index contributed by atoms with van der Waals surface area (Å²) in [6.07, 6.45) is 5.88. The molecule has 0 saturated carbocycles. The van der Waals surface area contributed by atoms with Crippen molar-refractivity contribution in [1.29, 1.82) is 0 Å². The van der Waals surface area contributed by atoms with E-state index in [9.17, 15) is 0 Å². The Morgan fingerprint density at radius 1 is 1.11 bits per heavy atom. The number of hydrogen-bond donors (Lipinski definition) is 2. The summed E-state index contributed by atoms with van der Waals surface area (Å²) in [5, 5.41) is 8.02. The van der Waals surface area contributed by atoms with E-state index in [1.165, 1.54) is 16.5 Å². The maximum Gasteiger partial charge on any atom is 0.0618 e. The molecule has 28 heavy (non-hydrogen) atoms. The molecule has 0 fully saturated rings. The van der Waals surface area contributed by atoms with Gasteiger partial charge in [0.2, 0.25) is 0 Å². The maximum atomic E-state index is 4.55. The van der Waals surface area contributed by atoms with Gasteiger partial charge in [-0.2, -0.15) is 0 Å². The number of fused-ring (bicyclic) bond motifs is 1. The summed E-state index contributed by atoms with van der Waals surface area (Å²) >= 11 is 1.67. The van der Waals surface area contributed by atoms with Gasteiger partial charge in [-0.1, -0.05) is 6.07 Å². The Morgan fingerprint density at radius 2 is 2.00 bits per heavy atom. The van der Waals surface area contributed by atoms with Crippen LogP contribution in [-0.2, 0) is 6.54 Å². The third-order valence-electron chi connectivity index (χ3n) is 4.56. The zero-order valence-corrected chi connectivity index (χ0v) is 17.0. The van der Waals surface area contributed by atoms with Crippen LogP contribution in [0.1, 0.15) is 17.0 Å². The van der Waals surface area contributed by atoms with E-state index in [1.54, 1.807) is 18.1 Å². The van der Waals surface area contributed by atoms with Crippen LogP contribution in [0.3, 0.4) is 0 Å². The van der Waals surface area contributed by atoms with Crippen LogP contribution < -0.4 is 10.6 Å². The van der Waals surface area contributed by atoms with Gasteiger partial charge in [0.05, 0.1) is 16.9 Å². The molecule has 0 amide bonds. The zero-order chi connectivity index (χ0) is 19.5. The van der Waals surface area contributed by atoms with Crippen LogP contribution in [-0.4, -0.2) is 21.0 Å². The van der Waals surface area contributed by atoms with Crippen LogP contribution in [0.2, 0.25) is 0 Å². The van der Waals surface area contributed by atoms with Gasteiger partial charge < -0.3 is 10.6 Å². The Balaban J connectivity index is 1.73. The molecule has 5 nitrogen and oxygen atoms in total. The lowest BCUT2D eigenvalue weighted by atomic mass is 10.1. The first-order chi connectivity index (χ1) is 13.6. The highest BCUT2D eigenvalue weighted by Crippen LogP contribution is 2.32. The molecule has 4 aromatic rings. The molecule has 2 N–H and O–H groups in total. The molecular weight excluding hydrogens is 366 g/mol. The SMILES string of the molecule is CNCc1cn(Sc2cccnc2)c2cc(Nc3ccc(C)nc3C)ccc12. The van der Waals surface area contributed by atoms with E-state index in [-0.39, 0.29) is 0 Å². The molecule has 0 spiro atoms. The molecule has 6 heteroatoms. The number of benzene rings is 1. The summed E-state index contributed by atoms with van der Waals surface area (Å²) in [6.45, 7) is 4.86. The van der Waals surface area contributed by atoms with Crippen molar-refractivity contribution in [2.75, 3.05) is 12.4 Å². The van der Waals surface area contributed by atoms with E-state index in [1.807, 2.05) is 39.2 Å². The molecule has 0 aliphatic carbocycles. The molecule has 3 heterocycles. The molecule has 0 saturated heterocycles. The predicted molar refractivity (Wildman–Crippen MR) is 117 cm³/mol. The molecule has 3 aromatic heterocycles. The molecule has 0 atom stereocenters. The number of nitrogens with zero attached hydrogens (tertiary/aromatic N) is 3. The number of rotatable bonds is 6. The Morgan fingerprint density at radius 3 is 2.75 bits per heavy atom. The highest BCUT2D eigenvalue weighted by atomic mass is 32.2. The number of pyridine rings is 2. The quantitative estimate of drug-likeness (QED) is 0.482. The van der Waals surface area contributed by atoms with Gasteiger partial charge in [0, 0.05) is 46.8 Å². The standard InChI is InChI=1S/C22H23N5S/c1-15-6-9-21(16(2)25-15)26-18-7-8-20-17(12-23-3)14-27(22(20)11-18)28-19-5-4-10-24-13-19/h4-11,13-14,23,26H,12H2,1-3H3. The van der Waals surface area contributed by atoms with Crippen LogP contribution >= 0.6 is 11.9 Å². The minimum absolute atomic E-state index is 0.824. The number of anilines is 2. The van der Waals surface area contributed by atoms with Gasteiger partial charge in [-0.3, -0.25) is 13.9 Å². The van der Waals surface area contributed by atoms with Gasteiger partial charge in [0.1, 0.15) is 0 Å². The summed E-state index contributed by atoms with van der Waals surface area (Å²) in [4.78, 5) is 9.88. The fourth-order valence-corrected chi connectivity index (χ4v) is 4.14. The molecule has 0 bridgehead atoms. The minimum atomic E-state index is 0.824. The monoisotopic (exact) mass is 389 g/mol. The lowest BCUT2D eigenvalue weighted by molar-refractivity contribution is 0.822. The summed E-state index contributed by atoms with van der Waals surface area (Å²) in [7, 11) is 1.97. The molecule has 0 radical (unpaired) electrons. The fraction of sp³-hybridized carbons (Fsp3) is 0.182. The Bertz CT molecular complexity index is 1100. The number of hydrogen-bond acceptors (Lipinski definition) is 5. The summed E-state index contributed by atoms with van der Waals surface area (Å²) in [5.41, 5.74) is 6.53. The predicted octanol–water partition coefficient (Wildman–Crippen LogP) is 5.07. The van der Waals surface area contributed by atoms with E-state index in [0.717, 1.165) is 34.2 Å². The lowest BCUT2D eigenvalue weighted by Crippen LogP contribution is -2.04. The van der Waals surface area contributed by atoms with Crippen LogP contribution in [0.4, 0.5) is 11.4 Å². The summed E-state index contributed by atoms with van der Waals surface area (Å²) in [6, 6.07) is 14.6. The largest absolute Gasteiger partial charge is 0.354 e. The lowest BCUT2D eigenvalue weighted by Gasteiger charge is -2.11. The molecule has 142 valence electrons. The second kappa shape index (κ2) is 8.04. The van der Waals surface area contributed by atoms with Crippen molar-refractivity contribution in [2.24, 2.45) is 0 Å². The highest BCUT2D eigenvalue weighted by Gasteiger charge is 2.11. The third-order valence-corrected chi connectivity index (χ3v) is 5.51. The van der Waals surface area contributed by atoms with Crippen molar-refractivity contribution in [3.63, 3.8) is 0 Å². The number of aromatic nitrogens is 3. The number of nitrogens with one attached hydrogen (secondary N) is 2. The highest BCUT2D eigenvalue weighted by molar-refractivity contribution is 7.98. The number of aryl methyl sites for hydroxylation is 2. The Kier molecular flexibility index (Phi) is 5.32. The van der Waals surface area contributed by atoms with Gasteiger partial charge in [0.15, 0.2) is 0 Å². The fourth-order valence-electron chi connectivity index (χ4n) is 3.24. The van der Waals surface area contributed by atoms with Gasteiger partial charge in [-0.15, -0.1) is 0 Å². The second-order valence-electron chi connectivity index (χ2n) is 6.73. The molecular formula is C22H23N5S. The molecule has 1 aromatic carbocycles. The molecule has 4 rings (SSSR count). The van der Waals surface area contributed by atoms with Gasteiger partial charge in [0.25, 0.3) is 0 Å². The van der Waals surface area contributed by atoms with E-state index in [2.05, 4.69) is 61.1 Å². The first-order valence-corrected chi connectivity index (χ1v) is 9.99. The molecule has 0 aliphatic heterocycles. The normalized spacial score (nSPS) is 11.1. The average Bonchev–Trinajstić information content (AvgIpc) is 3.02. The Hall–Kier alpha value is -2.83. The van der Waals surface area contributed by atoms with Gasteiger partial charge >= 0.3 is 0 Å². The molecule has 0 aliphatic rings. The van der Waals surface area contributed by atoms with Gasteiger partial charge in [-0.25, -0.2) is 0 Å². The van der Waals surface area contributed by atoms with Crippen LogP contribution in [0.5, 0.6) is 0 Å². The van der Waals surface area contributed by atoms with Crippen LogP contribution in [0.25, 0.3) is 10.9 Å². The van der Waals surface area contributed by atoms with Gasteiger partial charge in [-0.05, 0) is 74.8 Å². The first kappa shape index (κ1) is 18.5. The van der Waals surface area contributed by atoms with Crippen molar-refractivity contribution < 1.29 is 0 Å². The van der Waals surface area contributed by atoms with Crippen molar-refractivity contribution in [1.82, 2.24) is 19.3 Å². The topological polar surface area (TPSA) is 54.8 Å². The smallest absolute Gasteiger partial charge is 0.0618 e. The van der Waals surface area contributed by atoms with Crippen molar-refractivity contribution in [2.45, 2.75) is 25.3 Å². The van der Waals surface area contributed by atoms with E-state index < -0.39 is 0 Å². The van der Waals surface area contributed by atoms with Crippen molar-refractivity contribution >= 4 is 34.2 Å².